The molecule has 0 fully saturated rings. The Hall–Kier alpha value is -2.17. The second-order valence-electron chi connectivity index (χ2n) is 3.85. The summed E-state index contributed by atoms with van der Waals surface area (Å²) in [6.07, 6.45) is 3.70. The number of nitrogens with two attached hydrogens (primary N) is 1. The first-order valence-electron chi connectivity index (χ1n) is 6.04. The zero-order chi connectivity index (χ0) is 12.8. The van der Waals surface area contributed by atoms with Crippen LogP contribution in [-0.2, 0) is 6.54 Å². The molecule has 1 aromatic heterocycles. The lowest BCUT2D eigenvalue weighted by atomic mass is 10.2. The van der Waals surface area contributed by atoms with Crippen LogP contribution in [0.4, 0.5) is 11.4 Å². The van der Waals surface area contributed by atoms with Crippen molar-refractivity contribution in [1.29, 1.82) is 0 Å². The Morgan fingerprint density at radius 1 is 1.39 bits per heavy atom. The zero-order valence-electron chi connectivity index (χ0n) is 10.5. The van der Waals surface area contributed by atoms with Crippen LogP contribution >= 0.6 is 0 Å². The topological polar surface area (TPSA) is 65.1 Å². The highest BCUT2D eigenvalue weighted by atomic mass is 16.5. The molecule has 0 aliphatic rings. The van der Waals surface area contributed by atoms with Gasteiger partial charge in [-0.05, 0) is 25.1 Å². The average molecular weight is 246 g/mol. The van der Waals surface area contributed by atoms with Crippen molar-refractivity contribution in [3.05, 3.63) is 36.7 Å². The maximum Gasteiger partial charge on any atom is 0.144 e. The molecule has 0 atom stereocenters. The second kappa shape index (κ2) is 5.95. The van der Waals surface area contributed by atoms with Gasteiger partial charge < -0.3 is 15.8 Å². The number of hydrogen-bond acceptors (Lipinski definition) is 4. The first kappa shape index (κ1) is 12.3. The fourth-order valence-electron chi connectivity index (χ4n) is 1.72. The van der Waals surface area contributed by atoms with Crippen molar-refractivity contribution in [2.75, 3.05) is 24.2 Å². The third kappa shape index (κ3) is 2.94. The largest absolute Gasteiger partial charge is 0.492 e. The van der Waals surface area contributed by atoms with Crippen LogP contribution < -0.4 is 15.8 Å². The summed E-state index contributed by atoms with van der Waals surface area (Å²) in [6, 6.07) is 7.65. The van der Waals surface area contributed by atoms with Gasteiger partial charge in [-0.1, -0.05) is 6.07 Å². The molecule has 0 saturated heterocycles. The number of nitrogen functional groups attached to an aromatic ring is 1. The molecule has 0 aliphatic heterocycles. The maximum atomic E-state index is 6.02. The molecular weight excluding hydrogens is 228 g/mol. The summed E-state index contributed by atoms with van der Waals surface area (Å²) in [6.45, 7) is 4.12. The smallest absolute Gasteiger partial charge is 0.144 e. The molecule has 0 unspecified atom stereocenters. The first-order chi connectivity index (χ1) is 8.81. The predicted molar refractivity (Wildman–Crippen MR) is 72.7 cm³/mol. The number of aromatic nitrogens is 2. The summed E-state index contributed by atoms with van der Waals surface area (Å²) in [7, 11) is 0. The quantitative estimate of drug-likeness (QED) is 0.765. The Morgan fingerprint density at radius 2 is 2.28 bits per heavy atom. The molecule has 0 spiro atoms. The van der Waals surface area contributed by atoms with E-state index in [4.69, 9.17) is 10.5 Å². The molecule has 5 heteroatoms. The van der Waals surface area contributed by atoms with Crippen LogP contribution in [0.5, 0.6) is 5.75 Å². The van der Waals surface area contributed by atoms with Gasteiger partial charge in [-0.3, -0.25) is 4.68 Å². The standard InChI is InChI=1S/C13H18N4O/c1-2-18-12-6-3-5-11(13(12)14)15-8-10-17-9-4-7-16-17/h3-7,9,15H,2,8,10,14H2,1H3. The zero-order valence-corrected chi connectivity index (χ0v) is 10.5. The molecule has 0 bridgehead atoms. The van der Waals surface area contributed by atoms with Gasteiger partial charge >= 0.3 is 0 Å². The summed E-state index contributed by atoms with van der Waals surface area (Å²) in [5.74, 6) is 0.724. The van der Waals surface area contributed by atoms with Crippen LogP contribution in [0, 0.1) is 0 Å². The molecule has 1 heterocycles. The molecule has 2 rings (SSSR count). The van der Waals surface area contributed by atoms with Gasteiger partial charge in [0.1, 0.15) is 5.75 Å². The van der Waals surface area contributed by atoms with Crippen LogP contribution in [0.15, 0.2) is 36.7 Å². The normalized spacial score (nSPS) is 10.3. The summed E-state index contributed by atoms with van der Waals surface area (Å²) in [5.41, 5.74) is 7.57. The highest BCUT2D eigenvalue weighted by molar-refractivity contribution is 5.72. The molecular formula is C13H18N4O. The lowest BCUT2D eigenvalue weighted by molar-refractivity contribution is 0.342. The van der Waals surface area contributed by atoms with E-state index in [1.807, 2.05) is 42.1 Å². The van der Waals surface area contributed by atoms with Crippen LogP contribution in [0.3, 0.4) is 0 Å². The molecule has 2 aromatic rings. The van der Waals surface area contributed by atoms with E-state index < -0.39 is 0 Å². The van der Waals surface area contributed by atoms with Gasteiger partial charge in [-0.25, -0.2) is 0 Å². The van der Waals surface area contributed by atoms with Gasteiger partial charge in [0.2, 0.25) is 0 Å². The minimum Gasteiger partial charge on any atom is -0.492 e. The minimum atomic E-state index is 0.612. The summed E-state index contributed by atoms with van der Waals surface area (Å²) in [4.78, 5) is 0. The lowest BCUT2D eigenvalue weighted by Gasteiger charge is -2.13. The third-order valence-electron chi connectivity index (χ3n) is 2.58. The van der Waals surface area contributed by atoms with Crippen molar-refractivity contribution < 1.29 is 4.74 Å². The van der Waals surface area contributed by atoms with Crippen LogP contribution in [0.1, 0.15) is 6.92 Å². The Bertz CT molecular complexity index is 482. The van der Waals surface area contributed by atoms with E-state index in [1.165, 1.54) is 0 Å². The van der Waals surface area contributed by atoms with Gasteiger partial charge in [0, 0.05) is 18.9 Å². The number of nitrogens with zero attached hydrogens (tertiary/aromatic N) is 2. The van der Waals surface area contributed by atoms with Gasteiger partial charge in [0.25, 0.3) is 0 Å². The summed E-state index contributed by atoms with van der Waals surface area (Å²) in [5, 5.41) is 7.42. The van der Waals surface area contributed by atoms with E-state index in [2.05, 4.69) is 10.4 Å². The van der Waals surface area contributed by atoms with E-state index in [1.54, 1.807) is 6.20 Å². The van der Waals surface area contributed by atoms with Crippen molar-refractivity contribution in [2.24, 2.45) is 0 Å². The van der Waals surface area contributed by atoms with E-state index in [0.717, 1.165) is 24.5 Å². The maximum absolute atomic E-state index is 6.02. The molecule has 96 valence electrons. The number of hydrogen-bond donors (Lipinski definition) is 2. The van der Waals surface area contributed by atoms with Gasteiger partial charge in [-0.2, -0.15) is 5.10 Å². The third-order valence-corrected chi connectivity index (χ3v) is 2.58. The van der Waals surface area contributed by atoms with Crippen LogP contribution in [-0.4, -0.2) is 22.9 Å². The molecule has 3 N–H and O–H groups in total. The highest BCUT2D eigenvalue weighted by Gasteiger charge is 2.04. The Balaban J connectivity index is 1.94. The monoisotopic (exact) mass is 246 g/mol. The number of benzene rings is 1. The average Bonchev–Trinajstić information content (AvgIpc) is 2.87. The van der Waals surface area contributed by atoms with E-state index >= 15 is 0 Å². The van der Waals surface area contributed by atoms with Gasteiger partial charge in [-0.15, -0.1) is 0 Å². The number of nitrogens with one attached hydrogen (secondary N) is 1. The van der Waals surface area contributed by atoms with Crippen LogP contribution in [0.2, 0.25) is 0 Å². The van der Waals surface area contributed by atoms with Gasteiger partial charge in [0.15, 0.2) is 0 Å². The van der Waals surface area contributed by atoms with E-state index in [-0.39, 0.29) is 0 Å². The predicted octanol–water partition coefficient (Wildman–Crippen LogP) is 1.98. The molecule has 5 nitrogen and oxygen atoms in total. The van der Waals surface area contributed by atoms with Crippen molar-refractivity contribution in [3.63, 3.8) is 0 Å². The number of para-hydroxylation sites is 1. The SMILES string of the molecule is CCOc1cccc(NCCn2cccn2)c1N. The number of anilines is 2. The van der Waals surface area contributed by atoms with Crippen molar-refractivity contribution in [1.82, 2.24) is 9.78 Å². The summed E-state index contributed by atoms with van der Waals surface area (Å²) < 4.78 is 7.32. The highest BCUT2D eigenvalue weighted by Crippen LogP contribution is 2.29. The fourth-order valence-corrected chi connectivity index (χ4v) is 1.72. The fraction of sp³-hybridized carbons (Fsp3) is 0.308. The Kier molecular flexibility index (Phi) is 4.06. The van der Waals surface area contributed by atoms with E-state index in [0.29, 0.717) is 12.3 Å². The first-order valence-corrected chi connectivity index (χ1v) is 6.04. The lowest BCUT2D eigenvalue weighted by Crippen LogP contribution is -2.12. The van der Waals surface area contributed by atoms with Crippen molar-refractivity contribution in [3.8, 4) is 5.75 Å². The molecule has 0 saturated carbocycles. The minimum absolute atomic E-state index is 0.612. The molecule has 0 aliphatic carbocycles. The summed E-state index contributed by atoms with van der Waals surface area (Å²) >= 11 is 0. The molecule has 0 radical (unpaired) electrons. The number of rotatable bonds is 6. The van der Waals surface area contributed by atoms with Crippen molar-refractivity contribution in [2.45, 2.75) is 13.5 Å². The molecule has 18 heavy (non-hydrogen) atoms. The van der Waals surface area contributed by atoms with Crippen LogP contribution in [0.25, 0.3) is 0 Å². The Morgan fingerprint density at radius 3 is 3.00 bits per heavy atom. The molecule has 1 aromatic carbocycles. The Labute approximate surface area is 107 Å². The number of ether oxygens (including phenoxy) is 1. The second-order valence-corrected chi connectivity index (χ2v) is 3.85. The molecule has 0 amide bonds. The van der Waals surface area contributed by atoms with E-state index in [9.17, 15) is 0 Å². The van der Waals surface area contributed by atoms with Gasteiger partial charge in [0.05, 0.1) is 24.5 Å². The van der Waals surface area contributed by atoms with Crippen molar-refractivity contribution >= 4 is 11.4 Å².